The number of fused-ring (bicyclic) bond motifs is 1. The molecule has 1 aromatic carbocycles. The summed E-state index contributed by atoms with van der Waals surface area (Å²) in [5.74, 6) is -3.37. The van der Waals surface area contributed by atoms with Crippen LogP contribution in [0.5, 0.6) is 0 Å². The van der Waals surface area contributed by atoms with Gasteiger partial charge in [-0.05, 0) is 6.07 Å². The second-order valence-electron chi connectivity index (χ2n) is 5.00. The van der Waals surface area contributed by atoms with E-state index in [1.807, 2.05) is 0 Å². The van der Waals surface area contributed by atoms with Crippen molar-refractivity contribution < 1.29 is 37.3 Å². The van der Waals surface area contributed by atoms with Crippen LogP contribution < -0.4 is 10.6 Å². The highest BCUT2D eigenvalue weighted by atomic mass is 19.4. The number of amides is 5. The topological polar surface area (TPSA) is 139 Å². The van der Waals surface area contributed by atoms with Gasteiger partial charge in [0, 0.05) is 6.07 Å². The van der Waals surface area contributed by atoms with Gasteiger partial charge in [-0.2, -0.15) is 13.2 Å². The Hall–Kier alpha value is -3.51. The zero-order valence-electron chi connectivity index (χ0n) is 12.6. The van der Waals surface area contributed by atoms with Gasteiger partial charge in [0.2, 0.25) is 5.91 Å². The van der Waals surface area contributed by atoms with E-state index in [2.05, 4.69) is 0 Å². The third-order valence-corrected chi connectivity index (χ3v) is 3.18. The van der Waals surface area contributed by atoms with Crippen molar-refractivity contribution in [2.45, 2.75) is 6.18 Å². The normalized spacial score (nSPS) is 13.4. The van der Waals surface area contributed by atoms with Crippen molar-refractivity contribution in [2.75, 3.05) is 13.1 Å². The Morgan fingerprint density at radius 3 is 2.42 bits per heavy atom. The van der Waals surface area contributed by atoms with Gasteiger partial charge in [0.1, 0.15) is 18.7 Å². The summed E-state index contributed by atoms with van der Waals surface area (Å²) in [6.45, 7) is -2.69. The van der Waals surface area contributed by atoms with Crippen molar-refractivity contribution >= 4 is 29.4 Å². The van der Waals surface area contributed by atoms with Crippen molar-refractivity contribution in [3.05, 3.63) is 39.4 Å². The molecule has 0 radical (unpaired) electrons. The summed E-state index contributed by atoms with van der Waals surface area (Å²) in [7, 11) is 0. The largest absolute Gasteiger partial charge is 0.405 e. The number of nitro benzene ring substituents is 1. The fourth-order valence-corrected chi connectivity index (χ4v) is 2.15. The first kappa shape index (κ1) is 18.8. The molecule has 0 saturated carbocycles. The molecule has 0 aliphatic carbocycles. The van der Waals surface area contributed by atoms with E-state index >= 15 is 0 Å². The molecule has 1 aromatic rings. The van der Waals surface area contributed by atoms with Gasteiger partial charge in [0.05, 0.1) is 10.5 Å². The second kappa shape index (κ2) is 6.78. The minimum atomic E-state index is -4.69. The summed E-state index contributed by atoms with van der Waals surface area (Å²) in [5.41, 5.74) is -1.43. The van der Waals surface area contributed by atoms with Crippen LogP contribution in [0, 0.1) is 10.1 Å². The number of nitro groups is 1. The lowest BCUT2D eigenvalue weighted by atomic mass is 10.1. The van der Waals surface area contributed by atoms with E-state index in [1.165, 1.54) is 16.7 Å². The summed E-state index contributed by atoms with van der Waals surface area (Å²) in [6.07, 6.45) is -4.69. The van der Waals surface area contributed by atoms with E-state index in [0.717, 1.165) is 12.1 Å². The number of urea groups is 1. The molecule has 0 fully saturated rings. The molecule has 0 atom stereocenters. The van der Waals surface area contributed by atoms with Gasteiger partial charge in [-0.15, -0.1) is 0 Å². The first-order chi connectivity index (χ1) is 12.0. The molecule has 1 heterocycles. The smallest absolute Gasteiger partial charge is 0.329 e. The van der Waals surface area contributed by atoms with E-state index in [-0.39, 0.29) is 5.56 Å². The van der Waals surface area contributed by atoms with E-state index in [4.69, 9.17) is 0 Å². The quantitative estimate of drug-likeness (QED) is 0.449. The monoisotopic (exact) mass is 374 g/mol. The maximum atomic E-state index is 12.2. The molecule has 138 valence electrons. The van der Waals surface area contributed by atoms with Gasteiger partial charge < -0.3 is 5.32 Å². The summed E-state index contributed by atoms with van der Waals surface area (Å²) in [5, 5.41) is 13.8. The van der Waals surface area contributed by atoms with Gasteiger partial charge in [0.15, 0.2) is 0 Å². The Morgan fingerprint density at radius 1 is 1.19 bits per heavy atom. The van der Waals surface area contributed by atoms with Crippen molar-refractivity contribution in [3.63, 3.8) is 0 Å². The third kappa shape index (κ3) is 3.93. The number of nitrogens with zero attached hydrogens (tertiary/aromatic N) is 2. The van der Waals surface area contributed by atoms with Crippen LogP contribution in [0.1, 0.15) is 20.7 Å². The molecule has 0 bridgehead atoms. The van der Waals surface area contributed by atoms with Gasteiger partial charge in [0.25, 0.3) is 17.5 Å². The van der Waals surface area contributed by atoms with Crippen molar-refractivity contribution in [1.29, 1.82) is 0 Å². The summed E-state index contributed by atoms with van der Waals surface area (Å²) >= 11 is 0. The predicted octanol–water partition coefficient (Wildman–Crippen LogP) is 0.579. The van der Waals surface area contributed by atoms with Crippen LogP contribution in [-0.2, 0) is 4.79 Å². The van der Waals surface area contributed by atoms with Gasteiger partial charge >= 0.3 is 12.2 Å². The van der Waals surface area contributed by atoms with Crippen LogP contribution in [0.15, 0.2) is 18.2 Å². The molecule has 5 amide bonds. The standard InChI is InChI=1S/C13H9F3N4O6/c14-13(15,16)5-17-12(24)18-8(21)4-19-10(22)6-2-1-3-7(20(25)26)9(6)11(19)23/h1-3H,4-5H2,(H2,17,18,21,24). The number of benzene rings is 1. The fourth-order valence-electron chi connectivity index (χ4n) is 2.15. The number of imide groups is 2. The molecular weight excluding hydrogens is 365 g/mol. The van der Waals surface area contributed by atoms with Crippen LogP contribution in [0.3, 0.4) is 0 Å². The summed E-state index contributed by atoms with van der Waals surface area (Å²) in [4.78, 5) is 57.5. The van der Waals surface area contributed by atoms with Crippen LogP contribution in [0.4, 0.5) is 23.7 Å². The average molecular weight is 374 g/mol. The zero-order valence-corrected chi connectivity index (χ0v) is 12.6. The molecule has 1 aliphatic rings. The number of hydrogen-bond donors (Lipinski definition) is 2. The molecule has 13 heteroatoms. The number of carbonyl (C=O) groups excluding carboxylic acids is 4. The average Bonchev–Trinajstić information content (AvgIpc) is 2.77. The molecule has 2 N–H and O–H groups in total. The number of alkyl halides is 3. The zero-order chi connectivity index (χ0) is 19.6. The number of carbonyl (C=O) groups is 4. The predicted molar refractivity (Wildman–Crippen MR) is 76.1 cm³/mol. The SMILES string of the molecule is O=C(CN1C(=O)c2cccc([N+](=O)[O-])c2C1=O)NC(=O)NCC(F)(F)F. The first-order valence-corrected chi connectivity index (χ1v) is 6.79. The van der Waals surface area contributed by atoms with Crippen LogP contribution >= 0.6 is 0 Å². The van der Waals surface area contributed by atoms with Crippen LogP contribution in [0.2, 0.25) is 0 Å². The maximum Gasteiger partial charge on any atom is 0.405 e. The van der Waals surface area contributed by atoms with Crippen molar-refractivity contribution in [1.82, 2.24) is 15.5 Å². The van der Waals surface area contributed by atoms with Gasteiger partial charge in [-0.1, -0.05) is 6.07 Å². The second-order valence-corrected chi connectivity index (χ2v) is 5.00. The number of halogens is 3. The minimum absolute atomic E-state index is 0.293. The molecule has 10 nitrogen and oxygen atoms in total. The Kier molecular flexibility index (Phi) is 4.91. The van der Waals surface area contributed by atoms with Gasteiger partial charge in [-0.25, -0.2) is 4.79 Å². The van der Waals surface area contributed by atoms with E-state index in [0.29, 0.717) is 4.90 Å². The van der Waals surface area contributed by atoms with E-state index < -0.39 is 59.2 Å². The lowest BCUT2D eigenvalue weighted by Crippen LogP contribution is -2.47. The maximum absolute atomic E-state index is 12.2. The first-order valence-electron chi connectivity index (χ1n) is 6.79. The lowest BCUT2D eigenvalue weighted by Gasteiger charge is -2.13. The Labute approximate surface area is 142 Å². The van der Waals surface area contributed by atoms with Crippen molar-refractivity contribution in [3.8, 4) is 0 Å². The molecular formula is C13H9F3N4O6. The highest BCUT2D eigenvalue weighted by Gasteiger charge is 2.41. The summed E-state index contributed by atoms with van der Waals surface area (Å²) < 4.78 is 35.9. The molecule has 0 aromatic heterocycles. The number of nitrogens with one attached hydrogen (secondary N) is 2. The van der Waals surface area contributed by atoms with E-state index in [9.17, 15) is 42.5 Å². The number of rotatable bonds is 4. The molecule has 0 spiro atoms. The minimum Gasteiger partial charge on any atom is -0.329 e. The molecule has 0 saturated heterocycles. The number of hydrogen-bond acceptors (Lipinski definition) is 6. The molecule has 1 aliphatic heterocycles. The Morgan fingerprint density at radius 2 is 1.85 bits per heavy atom. The highest BCUT2D eigenvalue weighted by Crippen LogP contribution is 2.30. The third-order valence-electron chi connectivity index (χ3n) is 3.18. The van der Waals surface area contributed by atoms with Crippen molar-refractivity contribution in [2.24, 2.45) is 0 Å². The summed E-state index contributed by atoms with van der Waals surface area (Å²) in [6, 6.07) is 1.85. The highest BCUT2D eigenvalue weighted by molar-refractivity contribution is 6.24. The van der Waals surface area contributed by atoms with Crippen LogP contribution in [-0.4, -0.2) is 52.8 Å². The lowest BCUT2D eigenvalue weighted by molar-refractivity contribution is -0.385. The molecule has 2 rings (SSSR count). The molecule has 26 heavy (non-hydrogen) atoms. The fraction of sp³-hybridized carbons (Fsp3) is 0.231. The molecule has 0 unspecified atom stereocenters. The Bertz CT molecular complexity index is 823. The Balaban J connectivity index is 2.07. The van der Waals surface area contributed by atoms with Crippen LogP contribution in [0.25, 0.3) is 0 Å². The van der Waals surface area contributed by atoms with E-state index in [1.54, 1.807) is 0 Å². The van der Waals surface area contributed by atoms with Gasteiger partial charge in [-0.3, -0.25) is 34.7 Å².